The highest BCUT2D eigenvalue weighted by atomic mass is 35.5. The molecule has 0 bridgehead atoms. The summed E-state index contributed by atoms with van der Waals surface area (Å²) in [4.78, 5) is 12.7. The van der Waals surface area contributed by atoms with Crippen LogP contribution in [0.2, 0.25) is 5.02 Å². The fraction of sp³-hybridized carbons (Fsp3) is 0.200. The molecule has 1 aliphatic carbocycles. The number of hydrogen-bond acceptors (Lipinski definition) is 4. The highest BCUT2D eigenvalue weighted by Crippen LogP contribution is 2.45. The summed E-state index contributed by atoms with van der Waals surface area (Å²) in [5, 5.41) is 11.1. The van der Waals surface area contributed by atoms with E-state index >= 15 is 0 Å². The molecule has 2 aliphatic rings. The van der Waals surface area contributed by atoms with Crippen molar-refractivity contribution in [2.45, 2.75) is 25.2 Å². The number of fused-ring (bicyclic) bond motifs is 1. The van der Waals surface area contributed by atoms with Gasteiger partial charge in [-0.2, -0.15) is 5.10 Å². The number of Topliss-reactive ketones (excluding diaryl/α,β-unsaturated/α-hetero) is 1. The van der Waals surface area contributed by atoms with Crippen molar-refractivity contribution >= 4 is 23.2 Å². The normalized spacial score (nSPS) is 19.1. The molecule has 130 valence electrons. The predicted molar refractivity (Wildman–Crippen MR) is 99.1 cm³/mol. The van der Waals surface area contributed by atoms with E-state index in [1.807, 2.05) is 36.4 Å². The molecule has 3 heterocycles. The van der Waals surface area contributed by atoms with Crippen molar-refractivity contribution < 1.29 is 9.21 Å². The van der Waals surface area contributed by atoms with E-state index in [2.05, 4.69) is 15.5 Å². The van der Waals surface area contributed by atoms with Gasteiger partial charge in [0.1, 0.15) is 17.3 Å². The Morgan fingerprint density at radius 1 is 1.19 bits per heavy atom. The monoisotopic (exact) mass is 365 g/mol. The van der Waals surface area contributed by atoms with E-state index in [4.69, 9.17) is 16.0 Å². The number of nitrogens with zero attached hydrogens (tertiary/aromatic N) is 1. The summed E-state index contributed by atoms with van der Waals surface area (Å²) in [5.41, 5.74) is 3.63. The van der Waals surface area contributed by atoms with Crippen LogP contribution >= 0.6 is 11.6 Å². The molecule has 0 amide bonds. The lowest BCUT2D eigenvalue weighted by molar-refractivity contribution is -0.116. The van der Waals surface area contributed by atoms with Crippen LogP contribution in [0.4, 0.5) is 5.82 Å². The molecule has 0 spiro atoms. The molecule has 2 aromatic heterocycles. The minimum absolute atomic E-state index is 0.177. The van der Waals surface area contributed by atoms with Gasteiger partial charge in [-0.15, -0.1) is 0 Å². The number of H-pyrrole nitrogens is 1. The number of carbonyl (C=O) groups excluding carboxylic acids is 1. The third kappa shape index (κ3) is 2.39. The number of ketones is 1. The first kappa shape index (κ1) is 15.5. The lowest BCUT2D eigenvalue weighted by Gasteiger charge is -2.30. The first-order valence-corrected chi connectivity index (χ1v) is 9.00. The van der Waals surface area contributed by atoms with Gasteiger partial charge in [0.15, 0.2) is 5.78 Å². The zero-order valence-corrected chi connectivity index (χ0v) is 14.6. The second kappa shape index (κ2) is 5.88. The second-order valence-corrected chi connectivity index (χ2v) is 7.08. The molecular weight excluding hydrogens is 350 g/mol. The number of benzene rings is 1. The molecule has 1 aliphatic heterocycles. The van der Waals surface area contributed by atoms with Crippen LogP contribution in [-0.2, 0) is 4.79 Å². The van der Waals surface area contributed by atoms with Crippen LogP contribution in [0, 0.1) is 0 Å². The molecule has 1 aromatic carbocycles. The standard InChI is InChI=1S/C20H16ClN3O2/c21-12-4-1-3-11(9-12)16-7-8-17(26-16)18-13-10-22-24-20(13)23-14-5-2-6-15(25)19(14)18/h1,3-4,7-10,18H,2,5-6H2,(H2,22,23,24). The van der Waals surface area contributed by atoms with E-state index in [-0.39, 0.29) is 11.7 Å². The zero-order valence-electron chi connectivity index (χ0n) is 13.9. The van der Waals surface area contributed by atoms with E-state index in [1.54, 1.807) is 6.20 Å². The smallest absolute Gasteiger partial charge is 0.161 e. The fourth-order valence-electron chi connectivity index (χ4n) is 3.85. The number of rotatable bonds is 2. The summed E-state index contributed by atoms with van der Waals surface area (Å²) in [5.74, 6) is 2.25. The van der Waals surface area contributed by atoms with E-state index < -0.39 is 0 Å². The number of carbonyl (C=O) groups is 1. The topological polar surface area (TPSA) is 70.9 Å². The number of hydrogen-bond donors (Lipinski definition) is 2. The van der Waals surface area contributed by atoms with Crippen LogP contribution in [0.5, 0.6) is 0 Å². The van der Waals surface area contributed by atoms with E-state index in [0.717, 1.165) is 52.6 Å². The fourth-order valence-corrected chi connectivity index (χ4v) is 4.04. The Kier molecular flexibility index (Phi) is 3.50. The van der Waals surface area contributed by atoms with Crippen LogP contribution in [0.25, 0.3) is 11.3 Å². The quantitative estimate of drug-likeness (QED) is 0.678. The minimum Gasteiger partial charge on any atom is -0.460 e. The van der Waals surface area contributed by atoms with Crippen LogP contribution in [0.3, 0.4) is 0 Å². The van der Waals surface area contributed by atoms with E-state index in [0.29, 0.717) is 11.4 Å². The van der Waals surface area contributed by atoms with Gasteiger partial charge in [-0.25, -0.2) is 0 Å². The number of anilines is 1. The van der Waals surface area contributed by atoms with Gasteiger partial charge in [0, 0.05) is 33.8 Å². The third-order valence-corrected chi connectivity index (χ3v) is 5.26. The van der Waals surface area contributed by atoms with Crippen molar-refractivity contribution in [2.24, 2.45) is 0 Å². The maximum atomic E-state index is 12.7. The first-order valence-electron chi connectivity index (χ1n) is 8.63. The van der Waals surface area contributed by atoms with Gasteiger partial charge in [-0.1, -0.05) is 23.7 Å². The number of aromatic nitrogens is 2. The zero-order chi connectivity index (χ0) is 17.7. The molecule has 3 aromatic rings. The molecule has 1 unspecified atom stereocenters. The number of nitrogens with one attached hydrogen (secondary N) is 2. The summed E-state index contributed by atoms with van der Waals surface area (Å²) in [6.45, 7) is 0. The molecule has 0 saturated heterocycles. The number of furan rings is 1. The van der Waals surface area contributed by atoms with Crippen LogP contribution in [-0.4, -0.2) is 16.0 Å². The first-order chi connectivity index (χ1) is 12.7. The highest BCUT2D eigenvalue weighted by Gasteiger charge is 2.37. The Balaban J connectivity index is 1.63. The summed E-state index contributed by atoms with van der Waals surface area (Å²) >= 11 is 6.10. The van der Waals surface area contributed by atoms with Crippen molar-refractivity contribution in [3.05, 3.63) is 70.2 Å². The minimum atomic E-state index is -0.235. The Morgan fingerprint density at radius 3 is 3.00 bits per heavy atom. The molecular formula is C20H16ClN3O2. The molecule has 5 nitrogen and oxygen atoms in total. The maximum Gasteiger partial charge on any atom is 0.161 e. The maximum absolute atomic E-state index is 12.7. The largest absolute Gasteiger partial charge is 0.460 e. The Bertz CT molecular complexity index is 1050. The average molecular weight is 366 g/mol. The third-order valence-electron chi connectivity index (χ3n) is 5.02. The van der Waals surface area contributed by atoms with Gasteiger partial charge in [0.05, 0.1) is 12.1 Å². The average Bonchev–Trinajstić information content (AvgIpc) is 3.29. The van der Waals surface area contributed by atoms with Crippen LogP contribution in [0.1, 0.15) is 36.5 Å². The van der Waals surface area contributed by atoms with Crippen molar-refractivity contribution in [3.8, 4) is 11.3 Å². The van der Waals surface area contributed by atoms with Crippen molar-refractivity contribution in [1.29, 1.82) is 0 Å². The molecule has 0 fully saturated rings. The molecule has 0 saturated carbocycles. The summed E-state index contributed by atoms with van der Waals surface area (Å²) in [7, 11) is 0. The van der Waals surface area contributed by atoms with Gasteiger partial charge in [-0.05, 0) is 37.1 Å². The molecule has 1 atom stereocenters. The van der Waals surface area contributed by atoms with Crippen molar-refractivity contribution in [2.75, 3.05) is 5.32 Å². The molecule has 2 N–H and O–H groups in total. The van der Waals surface area contributed by atoms with Crippen molar-refractivity contribution in [1.82, 2.24) is 10.2 Å². The van der Waals surface area contributed by atoms with Crippen molar-refractivity contribution in [3.63, 3.8) is 0 Å². The molecule has 6 heteroatoms. The molecule has 5 rings (SSSR count). The van der Waals surface area contributed by atoms with Gasteiger partial charge in [0.25, 0.3) is 0 Å². The van der Waals surface area contributed by atoms with Crippen LogP contribution in [0.15, 0.2) is 58.3 Å². The van der Waals surface area contributed by atoms with E-state index in [1.165, 1.54) is 0 Å². The Hall–Kier alpha value is -2.79. The molecule has 0 radical (unpaired) electrons. The summed E-state index contributed by atoms with van der Waals surface area (Å²) < 4.78 is 6.17. The lowest BCUT2D eigenvalue weighted by Crippen LogP contribution is -2.26. The Labute approximate surface area is 155 Å². The second-order valence-electron chi connectivity index (χ2n) is 6.64. The van der Waals surface area contributed by atoms with Gasteiger partial charge < -0.3 is 9.73 Å². The van der Waals surface area contributed by atoms with Gasteiger partial charge in [0.2, 0.25) is 0 Å². The van der Waals surface area contributed by atoms with Gasteiger partial charge in [-0.3, -0.25) is 9.89 Å². The summed E-state index contributed by atoms with van der Waals surface area (Å²) in [6.07, 6.45) is 4.07. The number of halogens is 1. The van der Waals surface area contributed by atoms with Crippen LogP contribution < -0.4 is 5.32 Å². The highest BCUT2D eigenvalue weighted by molar-refractivity contribution is 6.30. The predicted octanol–water partition coefficient (Wildman–Crippen LogP) is 4.89. The van der Waals surface area contributed by atoms with Gasteiger partial charge >= 0.3 is 0 Å². The summed E-state index contributed by atoms with van der Waals surface area (Å²) in [6, 6.07) is 11.4. The number of allylic oxidation sites excluding steroid dienone is 2. The lowest BCUT2D eigenvalue weighted by atomic mass is 9.79. The SMILES string of the molecule is O=C1CCCC2=C1C(c1ccc(-c3cccc(Cl)c3)o1)c1cn[nH]c1N2. The Morgan fingerprint density at radius 2 is 2.12 bits per heavy atom. The molecule has 26 heavy (non-hydrogen) atoms. The number of aromatic amines is 1. The van der Waals surface area contributed by atoms with E-state index in [9.17, 15) is 4.79 Å².